The number of rotatable bonds is 4. The van der Waals surface area contributed by atoms with E-state index < -0.39 is 0 Å². The van der Waals surface area contributed by atoms with E-state index >= 15 is 0 Å². The second-order valence-corrected chi connectivity index (χ2v) is 7.78. The lowest BCUT2D eigenvalue weighted by atomic mass is 10.0. The summed E-state index contributed by atoms with van der Waals surface area (Å²) in [6.07, 6.45) is 1.95. The van der Waals surface area contributed by atoms with Crippen molar-refractivity contribution in [1.29, 1.82) is 5.41 Å². The van der Waals surface area contributed by atoms with E-state index in [4.69, 9.17) is 27.6 Å². The first kappa shape index (κ1) is 20.1. The molecule has 0 saturated heterocycles. The number of anilines is 1. The molecule has 2 aromatic heterocycles. The number of hydrogen-bond donors (Lipinski definition) is 6. The number of H-pyrrole nitrogens is 2. The van der Waals surface area contributed by atoms with Gasteiger partial charge in [-0.05, 0) is 53.6 Å². The van der Waals surface area contributed by atoms with Crippen LogP contribution in [0.4, 0.5) is 11.4 Å². The van der Waals surface area contributed by atoms with Crippen LogP contribution in [0, 0.1) is 5.41 Å². The molecule has 0 bridgehead atoms. The molecule has 2 heterocycles. The van der Waals surface area contributed by atoms with E-state index in [1.165, 1.54) is 0 Å². The third kappa shape index (κ3) is 3.72. The highest BCUT2D eigenvalue weighted by Crippen LogP contribution is 2.33. The lowest BCUT2D eigenvalue weighted by Gasteiger charge is -2.17. The van der Waals surface area contributed by atoms with Crippen LogP contribution in [-0.2, 0) is 0 Å². The fraction of sp³-hybridized carbons (Fsp3) is 0.0417. The molecule has 0 amide bonds. The number of aromatic nitrogens is 3. The van der Waals surface area contributed by atoms with Crippen molar-refractivity contribution < 1.29 is 0 Å². The van der Waals surface area contributed by atoms with Crippen molar-refractivity contribution in [3.8, 4) is 22.5 Å². The number of hydrogen-bond acceptors (Lipinski definition) is 3. The van der Waals surface area contributed by atoms with Crippen LogP contribution >= 0.6 is 0 Å². The van der Waals surface area contributed by atoms with E-state index in [2.05, 4.69) is 33.2 Å². The Balaban J connectivity index is 1.54. The predicted octanol–water partition coefficient (Wildman–Crippen LogP) is 3.61. The quantitative estimate of drug-likeness (QED) is 0.187. The largest absolute Gasteiger partial charge is 0.370 e. The zero-order valence-corrected chi connectivity index (χ0v) is 17.9. The van der Waals surface area contributed by atoms with Crippen molar-refractivity contribution in [2.24, 2.45) is 22.2 Å². The Bertz CT molecular complexity index is 1520. The molecule has 0 aliphatic heterocycles. The monoisotopic (exact) mass is 437 g/mol. The SMILES string of the molecule is CN(C(=N)N)c1ccc(-c2ccc3[nH]cc(-c4nc5ccc(N=C(N)N)cc5[nH]4)c3c2)cc1. The minimum Gasteiger partial charge on any atom is -0.370 e. The predicted molar refractivity (Wildman–Crippen MR) is 135 cm³/mol. The van der Waals surface area contributed by atoms with Gasteiger partial charge in [0.25, 0.3) is 0 Å². The van der Waals surface area contributed by atoms with Gasteiger partial charge in [0.15, 0.2) is 11.9 Å². The van der Waals surface area contributed by atoms with Gasteiger partial charge in [-0.25, -0.2) is 9.98 Å². The van der Waals surface area contributed by atoms with E-state index in [0.717, 1.165) is 50.1 Å². The minimum atomic E-state index is -0.00242. The highest BCUT2D eigenvalue weighted by atomic mass is 15.2. The van der Waals surface area contributed by atoms with E-state index in [1.54, 1.807) is 11.9 Å². The summed E-state index contributed by atoms with van der Waals surface area (Å²) < 4.78 is 0. The van der Waals surface area contributed by atoms with Crippen LogP contribution in [0.3, 0.4) is 0 Å². The van der Waals surface area contributed by atoms with Gasteiger partial charge in [0.2, 0.25) is 0 Å². The normalized spacial score (nSPS) is 11.1. The Kier molecular flexibility index (Phi) is 4.71. The zero-order chi connectivity index (χ0) is 23.1. The summed E-state index contributed by atoms with van der Waals surface area (Å²) in [5.41, 5.74) is 23.9. The maximum Gasteiger partial charge on any atom is 0.192 e. The fourth-order valence-electron chi connectivity index (χ4n) is 3.86. The zero-order valence-electron chi connectivity index (χ0n) is 17.9. The summed E-state index contributed by atoms with van der Waals surface area (Å²) >= 11 is 0. The highest BCUT2D eigenvalue weighted by Gasteiger charge is 2.13. The summed E-state index contributed by atoms with van der Waals surface area (Å²) in [5.74, 6) is 0.769. The van der Waals surface area contributed by atoms with Crippen molar-refractivity contribution >= 4 is 45.2 Å². The van der Waals surface area contributed by atoms with E-state index in [0.29, 0.717) is 5.69 Å². The molecule has 9 N–H and O–H groups in total. The lowest BCUT2D eigenvalue weighted by Crippen LogP contribution is -2.32. The number of guanidine groups is 2. The van der Waals surface area contributed by atoms with Gasteiger partial charge in [0.1, 0.15) is 5.82 Å². The summed E-state index contributed by atoms with van der Waals surface area (Å²) in [6.45, 7) is 0. The molecule has 3 aromatic carbocycles. The topological polar surface area (TPSA) is 162 Å². The van der Waals surface area contributed by atoms with Crippen LogP contribution in [0.25, 0.3) is 44.5 Å². The molecule has 0 unspecified atom stereocenters. The van der Waals surface area contributed by atoms with E-state index in [9.17, 15) is 0 Å². The van der Waals surface area contributed by atoms with E-state index in [1.807, 2.05) is 48.7 Å². The van der Waals surface area contributed by atoms with Crippen LogP contribution < -0.4 is 22.1 Å². The number of imidazole rings is 1. The minimum absolute atomic E-state index is 0.00242. The molecule has 164 valence electrons. The number of aromatic amines is 2. The molecule has 0 aliphatic rings. The van der Waals surface area contributed by atoms with Gasteiger partial charge in [0, 0.05) is 35.4 Å². The summed E-state index contributed by atoms with van der Waals surface area (Å²) in [5, 5.41) is 8.65. The van der Waals surface area contributed by atoms with Gasteiger partial charge >= 0.3 is 0 Å². The number of nitrogens with zero attached hydrogens (tertiary/aromatic N) is 3. The Morgan fingerprint density at radius 3 is 2.42 bits per heavy atom. The van der Waals surface area contributed by atoms with Gasteiger partial charge < -0.3 is 32.1 Å². The molecule has 5 aromatic rings. The molecular formula is C24H23N9. The van der Waals surface area contributed by atoms with Crippen molar-refractivity contribution in [1.82, 2.24) is 15.0 Å². The maximum atomic E-state index is 7.59. The average Bonchev–Trinajstić information content (AvgIpc) is 3.41. The third-order valence-corrected chi connectivity index (χ3v) is 5.61. The second-order valence-electron chi connectivity index (χ2n) is 7.78. The van der Waals surface area contributed by atoms with Gasteiger partial charge in [-0.2, -0.15) is 0 Å². The number of nitrogens with one attached hydrogen (secondary N) is 3. The standard InChI is InChI=1S/C24H23N9/c1-33(24(27)28)16-6-2-13(3-7-16)14-4-8-19-17(10-14)18(12-29-19)22-31-20-9-5-15(30-23(25)26)11-21(20)32-22/h2-12,29H,1H3,(H3,27,28)(H,31,32)(H4,25,26,30). The van der Waals surface area contributed by atoms with Crippen molar-refractivity contribution in [2.75, 3.05) is 11.9 Å². The smallest absolute Gasteiger partial charge is 0.192 e. The fourth-order valence-corrected chi connectivity index (χ4v) is 3.86. The molecule has 9 heteroatoms. The molecule has 0 fully saturated rings. The molecule has 0 radical (unpaired) electrons. The Labute approximate surface area is 189 Å². The number of benzene rings is 3. The first-order chi connectivity index (χ1) is 15.9. The molecular weight excluding hydrogens is 414 g/mol. The molecule has 0 spiro atoms. The Morgan fingerprint density at radius 2 is 1.70 bits per heavy atom. The van der Waals surface area contributed by atoms with E-state index in [-0.39, 0.29) is 11.9 Å². The molecule has 0 atom stereocenters. The molecule has 0 saturated carbocycles. The van der Waals surface area contributed by atoms with Crippen LogP contribution in [0.2, 0.25) is 0 Å². The van der Waals surface area contributed by atoms with Gasteiger partial charge in [-0.3, -0.25) is 5.41 Å². The Morgan fingerprint density at radius 1 is 0.939 bits per heavy atom. The molecule has 9 nitrogen and oxygen atoms in total. The van der Waals surface area contributed by atoms with Crippen LogP contribution in [0.5, 0.6) is 0 Å². The first-order valence-electron chi connectivity index (χ1n) is 10.3. The van der Waals surface area contributed by atoms with Crippen LogP contribution in [-0.4, -0.2) is 33.9 Å². The van der Waals surface area contributed by atoms with Crippen LogP contribution in [0.15, 0.2) is 71.9 Å². The van der Waals surface area contributed by atoms with Gasteiger partial charge in [-0.15, -0.1) is 0 Å². The number of fused-ring (bicyclic) bond motifs is 2. The highest BCUT2D eigenvalue weighted by molar-refractivity contribution is 5.98. The third-order valence-electron chi connectivity index (χ3n) is 5.61. The molecule has 33 heavy (non-hydrogen) atoms. The molecule has 5 rings (SSSR count). The summed E-state index contributed by atoms with van der Waals surface area (Å²) in [6, 6.07) is 19.8. The Hall–Kier alpha value is -4.79. The maximum absolute atomic E-state index is 7.59. The van der Waals surface area contributed by atoms with Gasteiger partial charge in [0.05, 0.1) is 16.7 Å². The molecule has 0 aliphatic carbocycles. The first-order valence-corrected chi connectivity index (χ1v) is 10.3. The second kappa shape index (κ2) is 7.72. The lowest BCUT2D eigenvalue weighted by molar-refractivity contribution is 1.20. The van der Waals surface area contributed by atoms with Crippen molar-refractivity contribution in [3.63, 3.8) is 0 Å². The van der Waals surface area contributed by atoms with Crippen molar-refractivity contribution in [3.05, 3.63) is 66.9 Å². The van der Waals surface area contributed by atoms with Crippen LogP contribution in [0.1, 0.15) is 0 Å². The summed E-state index contributed by atoms with van der Waals surface area (Å²) in [4.78, 5) is 17.2. The number of aliphatic imine (C=N–C) groups is 1. The van der Waals surface area contributed by atoms with Crippen molar-refractivity contribution in [2.45, 2.75) is 0 Å². The number of nitrogens with two attached hydrogens (primary N) is 3. The van der Waals surface area contributed by atoms with Gasteiger partial charge in [-0.1, -0.05) is 18.2 Å². The summed E-state index contributed by atoms with van der Waals surface area (Å²) in [7, 11) is 1.77. The average molecular weight is 438 g/mol.